The van der Waals surface area contributed by atoms with Crippen molar-refractivity contribution < 1.29 is 9.21 Å². The molecule has 1 amide bonds. The first kappa shape index (κ1) is 16.7. The highest BCUT2D eigenvalue weighted by Crippen LogP contribution is 2.34. The summed E-state index contributed by atoms with van der Waals surface area (Å²) in [5, 5.41) is 5.84. The van der Waals surface area contributed by atoms with Gasteiger partial charge in [-0.05, 0) is 47.2 Å². The number of rotatable bonds is 3. The summed E-state index contributed by atoms with van der Waals surface area (Å²) in [6.07, 6.45) is 0. The van der Waals surface area contributed by atoms with Gasteiger partial charge in [-0.1, -0.05) is 59.6 Å². The molecular weight excluding hydrogens is 369 g/mol. The predicted molar refractivity (Wildman–Crippen MR) is 106 cm³/mol. The molecule has 0 saturated carbocycles. The maximum atomic E-state index is 12.5. The molecule has 1 aromatic heterocycles. The van der Waals surface area contributed by atoms with Gasteiger partial charge in [0.05, 0.1) is 10.0 Å². The fourth-order valence-corrected chi connectivity index (χ4v) is 3.15. The van der Waals surface area contributed by atoms with Crippen LogP contribution >= 0.6 is 23.2 Å². The van der Waals surface area contributed by atoms with Gasteiger partial charge in [-0.3, -0.25) is 4.79 Å². The fraction of sp³-hybridized carbons (Fsp3) is 0. The Morgan fingerprint density at radius 3 is 2.50 bits per heavy atom. The van der Waals surface area contributed by atoms with Crippen LogP contribution in [0.2, 0.25) is 10.0 Å². The van der Waals surface area contributed by atoms with Crippen molar-refractivity contribution in [2.24, 2.45) is 0 Å². The van der Waals surface area contributed by atoms with Gasteiger partial charge >= 0.3 is 0 Å². The number of anilines is 1. The van der Waals surface area contributed by atoms with Gasteiger partial charge in [0.15, 0.2) is 5.76 Å². The van der Waals surface area contributed by atoms with E-state index in [-0.39, 0.29) is 11.7 Å². The molecular formula is C21H13Cl2NO2. The summed E-state index contributed by atoms with van der Waals surface area (Å²) in [6.45, 7) is 0. The quantitative estimate of drug-likeness (QED) is 0.431. The summed E-state index contributed by atoms with van der Waals surface area (Å²) in [5.41, 5.74) is 1.34. The Balaban J connectivity index is 1.58. The van der Waals surface area contributed by atoms with Gasteiger partial charge in [-0.2, -0.15) is 0 Å². The molecule has 1 heterocycles. The minimum absolute atomic E-state index is 0.198. The number of furan rings is 1. The van der Waals surface area contributed by atoms with E-state index in [4.69, 9.17) is 27.6 Å². The zero-order valence-electron chi connectivity index (χ0n) is 13.5. The lowest BCUT2D eigenvalue weighted by atomic mass is 10.1. The summed E-state index contributed by atoms with van der Waals surface area (Å²) in [4.78, 5) is 12.5. The van der Waals surface area contributed by atoms with Crippen molar-refractivity contribution in [1.29, 1.82) is 0 Å². The zero-order chi connectivity index (χ0) is 18.1. The molecule has 0 saturated heterocycles. The smallest absolute Gasteiger partial charge is 0.291 e. The third kappa shape index (κ3) is 3.19. The Morgan fingerprint density at radius 1 is 0.846 bits per heavy atom. The second-order valence-electron chi connectivity index (χ2n) is 5.78. The molecule has 0 aliphatic heterocycles. The second-order valence-corrected chi connectivity index (χ2v) is 6.57. The van der Waals surface area contributed by atoms with Gasteiger partial charge in [0.2, 0.25) is 0 Å². The zero-order valence-corrected chi connectivity index (χ0v) is 15.0. The summed E-state index contributed by atoms with van der Waals surface area (Å²) in [7, 11) is 0. The van der Waals surface area contributed by atoms with Crippen molar-refractivity contribution in [3.8, 4) is 11.3 Å². The summed E-state index contributed by atoms with van der Waals surface area (Å²) >= 11 is 12.2. The Hall–Kier alpha value is -2.75. The van der Waals surface area contributed by atoms with Crippen molar-refractivity contribution in [2.45, 2.75) is 0 Å². The van der Waals surface area contributed by atoms with Crippen LogP contribution in [0.3, 0.4) is 0 Å². The standard InChI is InChI=1S/C21H13Cl2NO2/c22-17-7-3-6-16(20(17)23)18-10-11-19(26-18)21(25)24-15-9-8-13-4-1-2-5-14(13)12-15/h1-12H,(H,24,25). The van der Waals surface area contributed by atoms with Gasteiger partial charge in [0.1, 0.15) is 5.76 Å². The molecule has 3 nitrogen and oxygen atoms in total. The van der Waals surface area contributed by atoms with Crippen LogP contribution in [0.15, 0.2) is 77.2 Å². The number of nitrogens with one attached hydrogen (secondary N) is 1. The monoisotopic (exact) mass is 381 g/mol. The number of halogens is 2. The van der Waals surface area contributed by atoms with Gasteiger partial charge in [0, 0.05) is 11.3 Å². The van der Waals surface area contributed by atoms with Crippen LogP contribution in [-0.2, 0) is 0 Å². The molecule has 1 N–H and O–H groups in total. The average molecular weight is 382 g/mol. The highest BCUT2D eigenvalue weighted by molar-refractivity contribution is 6.43. The third-order valence-corrected chi connectivity index (χ3v) is 4.87. The van der Waals surface area contributed by atoms with Crippen molar-refractivity contribution in [3.05, 3.63) is 88.6 Å². The lowest BCUT2D eigenvalue weighted by Gasteiger charge is -2.05. The van der Waals surface area contributed by atoms with E-state index in [2.05, 4.69) is 5.32 Å². The fourth-order valence-electron chi connectivity index (χ4n) is 2.76. The minimum atomic E-state index is -0.329. The summed E-state index contributed by atoms with van der Waals surface area (Å²) < 4.78 is 5.67. The summed E-state index contributed by atoms with van der Waals surface area (Å²) in [5.74, 6) is 0.357. The van der Waals surface area contributed by atoms with Gasteiger partial charge in [-0.15, -0.1) is 0 Å². The SMILES string of the molecule is O=C(Nc1ccc2ccccc2c1)c1ccc(-c2cccc(Cl)c2Cl)o1. The number of hydrogen-bond acceptors (Lipinski definition) is 2. The molecule has 128 valence electrons. The molecule has 0 bridgehead atoms. The van der Waals surface area contributed by atoms with Gasteiger partial charge in [-0.25, -0.2) is 0 Å². The number of fused-ring (bicyclic) bond motifs is 1. The molecule has 0 aliphatic rings. The number of carbonyl (C=O) groups is 1. The highest BCUT2D eigenvalue weighted by Gasteiger charge is 2.15. The normalized spacial score (nSPS) is 10.8. The van der Waals surface area contributed by atoms with E-state index in [0.29, 0.717) is 27.1 Å². The maximum absolute atomic E-state index is 12.5. The highest BCUT2D eigenvalue weighted by atomic mass is 35.5. The largest absolute Gasteiger partial charge is 0.451 e. The molecule has 4 aromatic rings. The van der Waals surface area contributed by atoms with E-state index < -0.39 is 0 Å². The van der Waals surface area contributed by atoms with Gasteiger partial charge < -0.3 is 9.73 Å². The lowest BCUT2D eigenvalue weighted by Crippen LogP contribution is -2.10. The van der Waals surface area contributed by atoms with Crippen LogP contribution in [0.1, 0.15) is 10.6 Å². The maximum Gasteiger partial charge on any atom is 0.291 e. The summed E-state index contributed by atoms with van der Waals surface area (Å²) in [6, 6.07) is 22.3. The molecule has 0 fully saturated rings. The van der Waals surface area contributed by atoms with E-state index in [0.717, 1.165) is 10.8 Å². The van der Waals surface area contributed by atoms with Crippen molar-refractivity contribution in [3.63, 3.8) is 0 Å². The predicted octanol–water partition coefficient (Wildman–Crippen LogP) is 6.66. The van der Waals surface area contributed by atoms with E-state index >= 15 is 0 Å². The lowest BCUT2D eigenvalue weighted by molar-refractivity contribution is 0.0997. The molecule has 26 heavy (non-hydrogen) atoms. The molecule has 0 unspecified atom stereocenters. The molecule has 3 aromatic carbocycles. The first-order chi connectivity index (χ1) is 12.6. The molecule has 0 radical (unpaired) electrons. The Labute approximate surface area is 160 Å². The van der Waals surface area contributed by atoms with E-state index in [9.17, 15) is 4.79 Å². The first-order valence-corrected chi connectivity index (χ1v) is 8.72. The Morgan fingerprint density at radius 2 is 1.65 bits per heavy atom. The molecule has 0 atom stereocenters. The van der Waals surface area contributed by atoms with Crippen LogP contribution in [0.5, 0.6) is 0 Å². The van der Waals surface area contributed by atoms with Crippen LogP contribution < -0.4 is 5.32 Å². The van der Waals surface area contributed by atoms with E-state index in [1.165, 1.54) is 0 Å². The number of amides is 1. The van der Waals surface area contributed by atoms with Gasteiger partial charge in [0.25, 0.3) is 5.91 Å². The number of carbonyl (C=O) groups excluding carboxylic acids is 1. The Kier molecular flexibility index (Phi) is 4.41. The number of benzene rings is 3. The molecule has 5 heteroatoms. The first-order valence-electron chi connectivity index (χ1n) is 7.96. The second kappa shape index (κ2) is 6.87. The van der Waals surface area contributed by atoms with Crippen LogP contribution in [0, 0.1) is 0 Å². The van der Waals surface area contributed by atoms with Crippen molar-refractivity contribution in [1.82, 2.24) is 0 Å². The third-order valence-electron chi connectivity index (χ3n) is 4.05. The van der Waals surface area contributed by atoms with E-state index in [1.54, 1.807) is 30.3 Å². The molecule has 0 aliphatic carbocycles. The topological polar surface area (TPSA) is 42.2 Å². The number of hydrogen-bond donors (Lipinski definition) is 1. The Bertz CT molecular complexity index is 1120. The minimum Gasteiger partial charge on any atom is -0.451 e. The van der Waals surface area contributed by atoms with Crippen LogP contribution in [0.25, 0.3) is 22.1 Å². The van der Waals surface area contributed by atoms with E-state index in [1.807, 2.05) is 42.5 Å². The average Bonchev–Trinajstić information content (AvgIpc) is 3.14. The molecule has 0 spiro atoms. The van der Waals surface area contributed by atoms with Crippen molar-refractivity contribution >= 4 is 45.6 Å². The van der Waals surface area contributed by atoms with Crippen LogP contribution in [-0.4, -0.2) is 5.91 Å². The van der Waals surface area contributed by atoms with Crippen LogP contribution in [0.4, 0.5) is 5.69 Å². The van der Waals surface area contributed by atoms with Crippen molar-refractivity contribution in [2.75, 3.05) is 5.32 Å². The molecule has 4 rings (SSSR count).